The van der Waals surface area contributed by atoms with Crippen LogP contribution in [-0.4, -0.2) is 19.3 Å². The Hall–Kier alpha value is -2.58. The summed E-state index contributed by atoms with van der Waals surface area (Å²) in [5.74, 6) is -2.56. The minimum absolute atomic E-state index is 0.133. The van der Waals surface area contributed by atoms with Crippen molar-refractivity contribution in [1.82, 2.24) is 9.71 Å². The van der Waals surface area contributed by atoms with E-state index in [-0.39, 0.29) is 21.0 Å². The summed E-state index contributed by atoms with van der Waals surface area (Å²) in [6.07, 6.45) is 0.758. The highest BCUT2D eigenvalue weighted by atomic mass is 35.5. The predicted molar refractivity (Wildman–Crippen MR) is 92.1 cm³/mol. The quantitative estimate of drug-likeness (QED) is 0.734. The molecule has 0 unspecified atom stereocenters. The van der Waals surface area contributed by atoms with Crippen molar-refractivity contribution >= 4 is 38.4 Å². The highest BCUT2D eigenvalue weighted by Crippen LogP contribution is 2.25. The standard InChI is InChI=1S/C17H11ClF2N2O3S/c18-12-6-10-2-1-5-21-17(10)15(9-12)26(24,25)22-16(23)8-11-7-13(19)3-4-14(11)20/h1-7,9H,8H2,(H,22,23). The van der Waals surface area contributed by atoms with Gasteiger partial charge in [0.05, 0.1) is 11.9 Å². The molecule has 0 bridgehead atoms. The molecule has 0 saturated carbocycles. The van der Waals surface area contributed by atoms with E-state index in [1.807, 2.05) is 4.72 Å². The maximum absolute atomic E-state index is 13.6. The van der Waals surface area contributed by atoms with Gasteiger partial charge in [0.25, 0.3) is 10.0 Å². The van der Waals surface area contributed by atoms with Crippen molar-refractivity contribution in [2.75, 3.05) is 0 Å². The number of sulfonamides is 1. The molecule has 0 fully saturated rings. The van der Waals surface area contributed by atoms with Crippen LogP contribution >= 0.6 is 11.6 Å². The van der Waals surface area contributed by atoms with Crippen LogP contribution in [0.15, 0.2) is 53.6 Å². The maximum Gasteiger partial charge on any atom is 0.266 e. The van der Waals surface area contributed by atoms with E-state index in [2.05, 4.69) is 4.98 Å². The summed E-state index contributed by atoms with van der Waals surface area (Å²) in [7, 11) is -4.31. The number of hydrogen-bond donors (Lipinski definition) is 1. The van der Waals surface area contributed by atoms with Crippen LogP contribution in [0.2, 0.25) is 5.02 Å². The first-order valence-electron chi connectivity index (χ1n) is 7.30. The summed E-state index contributed by atoms with van der Waals surface area (Å²) in [6.45, 7) is 0. The van der Waals surface area contributed by atoms with Crippen LogP contribution in [0.1, 0.15) is 5.56 Å². The van der Waals surface area contributed by atoms with Crippen molar-refractivity contribution in [2.45, 2.75) is 11.3 Å². The summed E-state index contributed by atoms with van der Waals surface area (Å²) in [6, 6.07) is 8.52. The number of carbonyl (C=O) groups is 1. The zero-order valence-corrected chi connectivity index (χ0v) is 14.6. The molecule has 3 aromatic rings. The molecule has 0 radical (unpaired) electrons. The molecule has 1 N–H and O–H groups in total. The lowest BCUT2D eigenvalue weighted by Crippen LogP contribution is -2.32. The third-order valence-electron chi connectivity index (χ3n) is 3.53. The van der Waals surface area contributed by atoms with Gasteiger partial charge in [-0.2, -0.15) is 0 Å². The van der Waals surface area contributed by atoms with E-state index in [0.717, 1.165) is 24.3 Å². The molecule has 1 aromatic heterocycles. The second-order valence-corrected chi connectivity index (χ2v) is 7.51. The summed E-state index contributed by atoms with van der Waals surface area (Å²) in [5.41, 5.74) is -0.124. The van der Waals surface area contributed by atoms with Crippen molar-refractivity contribution in [3.63, 3.8) is 0 Å². The Balaban J connectivity index is 1.92. The lowest BCUT2D eigenvalue weighted by molar-refractivity contribution is -0.118. The topological polar surface area (TPSA) is 76.1 Å². The van der Waals surface area contributed by atoms with Gasteiger partial charge < -0.3 is 0 Å². The SMILES string of the molecule is O=C(Cc1cc(F)ccc1F)NS(=O)(=O)c1cc(Cl)cc2cccnc12. The molecule has 5 nitrogen and oxygen atoms in total. The Kier molecular flexibility index (Phi) is 4.88. The van der Waals surface area contributed by atoms with Crippen molar-refractivity contribution in [1.29, 1.82) is 0 Å². The fraction of sp³-hybridized carbons (Fsp3) is 0.0588. The van der Waals surface area contributed by atoms with Gasteiger partial charge in [-0.15, -0.1) is 0 Å². The lowest BCUT2D eigenvalue weighted by Gasteiger charge is -2.10. The first kappa shape index (κ1) is 18.2. The summed E-state index contributed by atoms with van der Waals surface area (Å²) < 4.78 is 53.7. The minimum Gasteiger partial charge on any atom is -0.274 e. The maximum atomic E-state index is 13.6. The smallest absolute Gasteiger partial charge is 0.266 e. The number of nitrogens with zero attached hydrogens (tertiary/aromatic N) is 1. The number of rotatable bonds is 4. The van der Waals surface area contributed by atoms with Crippen LogP contribution in [-0.2, 0) is 21.2 Å². The minimum atomic E-state index is -4.31. The van der Waals surface area contributed by atoms with Gasteiger partial charge in [-0.05, 0) is 36.4 Å². The molecule has 1 amide bonds. The van der Waals surface area contributed by atoms with E-state index in [9.17, 15) is 22.0 Å². The highest BCUT2D eigenvalue weighted by molar-refractivity contribution is 7.90. The van der Waals surface area contributed by atoms with Gasteiger partial charge in [0.2, 0.25) is 5.91 Å². The molecule has 26 heavy (non-hydrogen) atoms. The molecule has 0 aliphatic rings. The fourth-order valence-electron chi connectivity index (χ4n) is 2.42. The average Bonchev–Trinajstić information content (AvgIpc) is 2.56. The number of amides is 1. The highest BCUT2D eigenvalue weighted by Gasteiger charge is 2.22. The van der Waals surface area contributed by atoms with Crippen molar-refractivity contribution in [3.05, 3.63) is 70.9 Å². The van der Waals surface area contributed by atoms with E-state index in [0.29, 0.717) is 5.39 Å². The fourth-order valence-corrected chi connectivity index (χ4v) is 3.90. The van der Waals surface area contributed by atoms with Gasteiger partial charge in [0.1, 0.15) is 16.5 Å². The van der Waals surface area contributed by atoms with Gasteiger partial charge in [-0.3, -0.25) is 9.78 Å². The molecule has 0 atom stereocenters. The Labute approximate surface area is 152 Å². The molecule has 3 rings (SSSR count). The van der Waals surface area contributed by atoms with Crippen LogP contribution in [0.25, 0.3) is 10.9 Å². The summed E-state index contributed by atoms with van der Waals surface area (Å²) >= 11 is 5.94. The number of pyridine rings is 1. The number of hydrogen-bond acceptors (Lipinski definition) is 4. The van der Waals surface area contributed by atoms with Crippen LogP contribution in [0.4, 0.5) is 8.78 Å². The van der Waals surface area contributed by atoms with E-state index >= 15 is 0 Å². The third-order valence-corrected chi connectivity index (χ3v) is 5.14. The van der Waals surface area contributed by atoms with E-state index in [1.54, 1.807) is 12.1 Å². The molecule has 9 heteroatoms. The second-order valence-electron chi connectivity index (χ2n) is 5.42. The number of aromatic nitrogens is 1. The normalized spacial score (nSPS) is 11.5. The van der Waals surface area contributed by atoms with Crippen molar-refractivity contribution in [2.24, 2.45) is 0 Å². The van der Waals surface area contributed by atoms with Gasteiger partial charge in [-0.25, -0.2) is 21.9 Å². The van der Waals surface area contributed by atoms with Gasteiger partial charge in [0.15, 0.2) is 0 Å². The van der Waals surface area contributed by atoms with E-state index in [4.69, 9.17) is 11.6 Å². The van der Waals surface area contributed by atoms with Crippen LogP contribution in [0.5, 0.6) is 0 Å². The van der Waals surface area contributed by atoms with E-state index < -0.39 is 34.0 Å². The number of nitrogens with one attached hydrogen (secondary N) is 1. The lowest BCUT2D eigenvalue weighted by atomic mass is 10.1. The number of fused-ring (bicyclic) bond motifs is 1. The number of benzene rings is 2. The van der Waals surface area contributed by atoms with Gasteiger partial charge in [0, 0.05) is 22.2 Å². The molecular weight excluding hydrogens is 386 g/mol. The summed E-state index contributed by atoms with van der Waals surface area (Å²) in [4.78, 5) is 15.8. The van der Waals surface area contributed by atoms with Crippen LogP contribution in [0.3, 0.4) is 0 Å². The third kappa shape index (κ3) is 3.81. The number of carbonyl (C=O) groups excluding carboxylic acids is 1. The molecule has 0 spiro atoms. The molecule has 1 heterocycles. The monoisotopic (exact) mass is 396 g/mol. The van der Waals surface area contributed by atoms with Crippen molar-refractivity contribution in [3.8, 4) is 0 Å². The molecule has 0 aliphatic heterocycles. The molecule has 0 aliphatic carbocycles. The van der Waals surface area contributed by atoms with Crippen LogP contribution in [0, 0.1) is 11.6 Å². The number of halogens is 3. The molecule has 134 valence electrons. The predicted octanol–water partition coefficient (Wildman–Crippen LogP) is 3.21. The molecular formula is C17H11ClF2N2O3S. The zero-order valence-electron chi connectivity index (χ0n) is 13.0. The Bertz CT molecular complexity index is 1120. The zero-order chi connectivity index (χ0) is 18.9. The Morgan fingerprint density at radius 3 is 2.69 bits per heavy atom. The second kappa shape index (κ2) is 6.97. The molecule has 0 saturated heterocycles. The average molecular weight is 397 g/mol. The summed E-state index contributed by atoms with van der Waals surface area (Å²) in [5, 5.41) is 0.624. The van der Waals surface area contributed by atoms with Gasteiger partial charge >= 0.3 is 0 Å². The first-order chi connectivity index (χ1) is 12.3. The molecule has 2 aromatic carbocycles. The van der Waals surface area contributed by atoms with Crippen molar-refractivity contribution < 1.29 is 22.0 Å². The Morgan fingerprint density at radius 1 is 1.15 bits per heavy atom. The van der Waals surface area contributed by atoms with E-state index in [1.165, 1.54) is 12.3 Å². The van der Waals surface area contributed by atoms with Crippen LogP contribution < -0.4 is 4.72 Å². The van der Waals surface area contributed by atoms with Gasteiger partial charge in [-0.1, -0.05) is 17.7 Å². The first-order valence-corrected chi connectivity index (χ1v) is 9.16. The largest absolute Gasteiger partial charge is 0.274 e. The Morgan fingerprint density at radius 2 is 1.92 bits per heavy atom.